The molecule has 0 radical (unpaired) electrons. The van der Waals surface area contributed by atoms with E-state index in [-0.39, 0.29) is 48.8 Å². The summed E-state index contributed by atoms with van der Waals surface area (Å²) in [5, 5.41) is 116. The first-order valence-electron chi connectivity index (χ1n) is 25.8. The van der Waals surface area contributed by atoms with E-state index in [0.29, 0.717) is 0 Å². The van der Waals surface area contributed by atoms with E-state index in [1.165, 1.54) is 0 Å². The number of carbonyl (C=O) groups is 4. The highest BCUT2D eigenvalue weighted by Crippen LogP contribution is 2.30. The minimum Gasteiger partial charge on any atom is -0.479 e. The second-order valence-corrected chi connectivity index (χ2v) is 20.3. The molecule has 0 spiro atoms. The van der Waals surface area contributed by atoms with Crippen LogP contribution in [0.1, 0.15) is 111 Å². The van der Waals surface area contributed by atoms with Crippen molar-refractivity contribution in [1.82, 2.24) is 0 Å². The number of aliphatic carboxylic acids is 4. The fourth-order valence-electron chi connectivity index (χ4n) is 7.53. The molecule has 0 aliphatic carbocycles. The van der Waals surface area contributed by atoms with Gasteiger partial charge in [0.2, 0.25) is 0 Å². The van der Waals surface area contributed by atoms with Gasteiger partial charge in [0.05, 0.1) is 48.8 Å². The van der Waals surface area contributed by atoms with Crippen LogP contribution in [0.5, 0.6) is 0 Å². The van der Waals surface area contributed by atoms with Crippen LogP contribution in [-0.4, -0.2) is 257 Å². The molecule has 0 aromatic heterocycles. The molecule has 0 amide bonds. The Kier molecular flexibility index (Phi) is 37.3. The van der Waals surface area contributed by atoms with Crippen molar-refractivity contribution in [3.8, 4) is 25.7 Å². The largest absolute Gasteiger partial charge is 0.479 e. The molecule has 4 aliphatic rings. The fraction of sp³-hybridized carbons (Fsp3) is 0.846. The van der Waals surface area contributed by atoms with Gasteiger partial charge in [-0.1, -0.05) is 0 Å². The average molecular weight is 1170 g/mol. The monoisotopic (exact) mass is 1160 g/mol. The van der Waals surface area contributed by atoms with Gasteiger partial charge in [0.25, 0.3) is 0 Å². The third kappa shape index (κ3) is 25.8. The van der Waals surface area contributed by atoms with Crippen LogP contribution in [0.4, 0.5) is 0 Å². The van der Waals surface area contributed by atoms with Gasteiger partial charge in [-0.2, -0.15) is 0 Å². The Hall–Kier alpha value is -3.80. The highest BCUT2D eigenvalue weighted by Gasteiger charge is 2.53. The summed E-state index contributed by atoms with van der Waals surface area (Å²) in [5.74, 6) is -5.08. The van der Waals surface area contributed by atoms with Gasteiger partial charge in [0, 0.05) is 0 Å². The molecule has 0 saturated carbocycles. The minimum absolute atomic E-state index is 0.274. The lowest BCUT2D eigenvalue weighted by Crippen LogP contribution is -2.61. The van der Waals surface area contributed by atoms with Gasteiger partial charge in [0.1, 0.15) is 73.2 Å². The summed E-state index contributed by atoms with van der Waals surface area (Å²) >= 11 is 0. The molecule has 12 N–H and O–H groups in total. The summed E-state index contributed by atoms with van der Waals surface area (Å²) in [5.41, 5.74) is 0. The number of carboxylic acid groups (broad SMARTS) is 4. The molecule has 20 atom stereocenters. The molecule has 468 valence electrons. The van der Waals surface area contributed by atoms with Crippen LogP contribution in [0.3, 0.4) is 0 Å². The Balaban J connectivity index is 0. The number of carboxylic acids is 4. The van der Waals surface area contributed by atoms with Gasteiger partial charge in [-0.25, -0.2) is 19.2 Å². The standard InChI is InChI=1S/4C12H22O7.2C2H2/c4*1-5(2)17-9-7(13)8(14)12(18-6(3)4)19-10(9)11(15)16;2*1-2/h4*5-10,12-14H,1-4H3,(H,15,16);2*1-2H/t2*7-,8?,9+,10?,12-;7-,8+,9+,10+,12-;7-,8+,9+,10-,12-;;/m1111../s1. The molecule has 0 bridgehead atoms. The van der Waals surface area contributed by atoms with E-state index in [1.807, 2.05) is 0 Å². The van der Waals surface area contributed by atoms with Crippen molar-refractivity contribution in [1.29, 1.82) is 0 Å². The summed E-state index contributed by atoms with van der Waals surface area (Å²) in [6.45, 7) is 27.4. The van der Waals surface area contributed by atoms with Gasteiger partial charge in [0.15, 0.2) is 49.6 Å². The molecule has 4 unspecified atom stereocenters. The number of rotatable bonds is 20. The summed E-state index contributed by atoms with van der Waals surface area (Å²) in [7, 11) is 0. The summed E-state index contributed by atoms with van der Waals surface area (Å²) < 4.78 is 63.1. The predicted molar refractivity (Wildman–Crippen MR) is 278 cm³/mol. The normalized spacial score (nSPS) is 34.1. The number of ether oxygens (including phenoxy) is 12. The molecule has 4 rings (SSSR count). The third-order valence-electron chi connectivity index (χ3n) is 10.5. The van der Waals surface area contributed by atoms with E-state index in [4.69, 9.17) is 77.3 Å². The van der Waals surface area contributed by atoms with Crippen molar-refractivity contribution in [3.05, 3.63) is 0 Å². The lowest BCUT2D eigenvalue weighted by molar-refractivity contribution is -0.310. The van der Waals surface area contributed by atoms with Crippen molar-refractivity contribution in [2.45, 2.75) is 282 Å². The number of terminal acetylenes is 2. The zero-order chi connectivity index (χ0) is 63.0. The maximum absolute atomic E-state index is 11.2. The van der Waals surface area contributed by atoms with Crippen molar-refractivity contribution in [2.24, 2.45) is 0 Å². The zero-order valence-electron chi connectivity index (χ0n) is 48.4. The second kappa shape index (κ2) is 38.1. The van der Waals surface area contributed by atoms with Crippen molar-refractivity contribution < 1.29 is 137 Å². The minimum atomic E-state index is -1.39. The van der Waals surface area contributed by atoms with Crippen molar-refractivity contribution >= 4 is 23.9 Å². The first-order chi connectivity index (χ1) is 36.9. The molecular formula is C52H92O28. The molecule has 28 heteroatoms. The van der Waals surface area contributed by atoms with E-state index in [1.54, 1.807) is 111 Å². The van der Waals surface area contributed by atoms with Crippen LogP contribution in [-0.2, 0) is 76.0 Å². The van der Waals surface area contributed by atoms with Crippen LogP contribution in [0, 0.1) is 25.7 Å². The molecule has 4 aliphatic heterocycles. The van der Waals surface area contributed by atoms with E-state index in [2.05, 4.69) is 25.7 Å². The predicted octanol–water partition coefficient (Wildman–Crippen LogP) is -0.556. The smallest absolute Gasteiger partial charge is 0.335 e. The maximum atomic E-state index is 11.2. The second-order valence-electron chi connectivity index (χ2n) is 20.3. The van der Waals surface area contributed by atoms with Gasteiger partial charge in [-0.05, 0) is 111 Å². The SMILES string of the molecule is C#C.C#C.CC(C)O[C@@H]1OC(C(=O)O)[C@@H](OC(C)C)[C@H](O)C1O.CC(C)O[C@@H]1OC(C(=O)O)[C@@H](OC(C)C)[C@H](O)C1O.CC(C)O[C@@H]1O[C@@H](C(=O)O)[C@@H](OC(C)C)[C@H](O)[C@@H]1O.CC(C)O[C@@H]1O[C@H](C(=O)O)[C@@H](OC(C)C)[C@H](O)[C@@H]1O. The summed E-state index contributed by atoms with van der Waals surface area (Å²) in [4.78, 5) is 44.7. The highest BCUT2D eigenvalue weighted by atomic mass is 16.7. The van der Waals surface area contributed by atoms with E-state index in [0.717, 1.165) is 0 Å². The van der Waals surface area contributed by atoms with Crippen LogP contribution < -0.4 is 0 Å². The Labute approximate surface area is 468 Å². The van der Waals surface area contributed by atoms with E-state index >= 15 is 0 Å². The first-order valence-corrected chi connectivity index (χ1v) is 25.8. The summed E-state index contributed by atoms with van der Waals surface area (Å²) in [6.07, 6.45) is -12.2. The molecule has 0 aromatic carbocycles. The molecular weight excluding hydrogens is 1070 g/mol. The first kappa shape index (κ1) is 78.3. The average Bonchev–Trinajstić information content (AvgIpc) is 3.34. The molecule has 80 heavy (non-hydrogen) atoms. The van der Waals surface area contributed by atoms with E-state index < -0.39 is 147 Å². The van der Waals surface area contributed by atoms with Gasteiger partial charge >= 0.3 is 23.9 Å². The van der Waals surface area contributed by atoms with Crippen molar-refractivity contribution in [3.63, 3.8) is 0 Å². The fourth-order valence-corrected chi connectivity index (χ4v) is 7.53. The molecule has 4 heterocycles. The van der Waals surface area contributed by atoms with Gasteiger partial charge < -0.3 is 118 Å². The maximum Gasteiger partial charge on any atom is 0.335 e. The topological polar surface area (TPSA) is 422 Å². The van der Waals surface area contributed by atoms with Crippen LogP contribution in [0.2, 0.25) is 0 Å². The number of aliphatic hydroxyl groups excluding tert-OH is 8. The van der Waals surface area contributed by atoms with E-state index in [9.17, 15) is 60.0 Å². The van der Waals surface area contributed by atoms with Gasteiger partial charge in [-0.3, -0.25) is 0 Å². The number of hydrogen-bond donors (Lipinski definition) is 12. The Morgan fingerprint density at radius 3 is 0.500 bits per heavy atom. The quantitative estimate of drug-likeness (QED) is 0.0680. The Morgan fingerprint density at radius 1 is 0.275 bits per heavy atom. The lowest BCUT2D eigenvalue weighted by atomic mass is 9.98. The Morgan fingerprint density at radius 2 is 0.400 bits per heavy atom. The third-order valence-corrected chi connectivity index (χ3v) is 10.5. The Bertz CT molecular complexity index is 1550. The van der Waals surface area contributed by atoms with Crippen LogP contribution in [0.15, 0.2) is 0 Å². The van der Waals surface area contributed by atoms with Crippen LogP contribution >= 0.6 is 0 Å². The molecule has 28 nitrogen and oxygen atoms in total. The molecule has 0 aromatic rings. The number of hydrogen-bond acceptors (Lipinski definition) is 24. The molecule has 4 saturated heterocycles. The molecule has 4 fully saturated rings. The zero-order valence-corrected chi connectivity index (χ0v) is 48.4. The van der Waals surface area contributed by atoms with Gasteiger partial charge in [-0.15, -0.1) is 25.7 Å². The lowest BCUT2D eigenvalue weighted by Gasteiger charge is -2.41. The summed E-state index contributed by atoms with van der Waals surface area (Å²) in [6, 6.07) is 0. The van der Waals surface area contributed by atoms with Crippen LogP contribution in [0.25, 0.3) is 0 Å². The number of aliphatic hydroxyl groups is 8. The van der Waals surface area contributed by atoms with Crippen molar-refractivity contribution in [2.75, 3.05) is 0 Å². The highest BCUT2D eigenvalue weighted by molar-refractivity contribution is 5.74.